The number of hydrogen-bond donors (Lipinski definition) is 3. The maximum absolute atomic E-state index is 11.8. The van der Waals surface area contributed by atoms with Gasteiger partial charge in [-0.25, -0.2) is 24.0 Å². The van der Waals surface area contributed by atoms with E-state index in [9.17, 15) is 39.3 Å². The zero-order chi connectivity index (χ0) is 96.0. The highest BCUT2D eigenvalue weighted by atomic mass is 127. The molecule has 0 unspecified atom stereocenters. The van der Waals surface area contributed by atoms with E-state index in [-0.39, 0.29) is 74.0 Å². The van der Waals surface area contributed by atoms with Crippen LogP contribution in [0.3, 0.4) is 0 Å². The van der Waals surface area contributed by atoms with Crippen molar-refractivity contribution in [2.45, 2.75) is 180 Å². The predicted octanol–water partition coefficient (Wildman–Crippen LogP) is 26.7. The first kappa shape index (κ1) is 114. The van der Waals surface area contributed by atoms with Crippen LogP contribution in [0.25, 0.3) is 0 Å². The zero-order valence-corrected chi connectivity index (χ0v) is 96.3. The highest BCUT2D eigenvalue weighted by Gasteiger charge is 2.51. The molecule has 0 amide bonds. The third-order valence-electron chi connectivity index (χ3n) is 32.4. The van der Waals surface area contributed by atoms with Crippen LogP contribution in [-0.4, -0.2) is 190 Å². The van der Waals surface area contributed by atoms with Gasteiger partial charge in [0.25, 0.3) is 0 Å². The molecule has 140 heavy (non-hydrogen) atoms. The molecule has 10 aliphatic rings. The number of carbonyl (C=O) groups excluding carboxylic acids is 2. The number of fused-ring (bicyclic) bond motifs is 15. The van der Waals surface area contributed by atoms with E-state index >= 15 is 0 Å². The SMILES string of the molecule is CCN1CC[C@@H]2[C@@H](c3ccc(C(=O)OC)cc3)c3cc(C)c(I)cc3[C@@H]2C1.CCN1CC[C@H]2[C@H](c3ccc(C(=O)O)cc3)c3cc(C)c(Br)cc3[C@H]2C1.CCN1CC[C@H]2[C@H](c3ccc(C(=O)O)cc3)c3cc(C)c(I)cc3[C@H]2C1.CCN1CC[C@H]2[C@H](c3ccc(C(=O)O)cc3)c3cc(C)c([Si](C)(C)C)cc3[C@H]2C1.CCN1CC[C@H]2[C@H](c3ccc(C(=O)OC)cc3)c3cc(C)c(I)cc3[C@H]2C1.Cl.Cl.Cl.Cl.Cl. The molecular formula is C115H138BrCl5I3N5O10Si. The number of esters is 2. The van der Waals surface area contributed by atoms with Crippen LogP contribution >= 0.6 is 146 Å². The molecule has 20 rings (SSSR count). The fraction of sp³-hybridized carbons (Fsp3) is 0.435. The molecule has 15 nitrogen and oxygen atoms in total. The van der Waals surface area contributed by atoms with Crippen LogP contribution < -0.4 is 5.19 Å². The number of aryl methyl sites for hydroxylation is 5. The van der Waals surface area contributed by atoms with E-state index in [1.54, 1.807) is 47.1 Å². The lowest BCUT2D eigenvalue weighted by Crippen LogP contribution is -2.41. The molecule has 0 bridgehead atoms. The maximum Gasteiger partial charge on any atom is 0.337 e. The number of methoxy groups -OCH3 is 2. The van der Waals surface area contributed by atoms with Gasteiger partial charge < -0.3 is 49.3 Å². The van der Waals surface area contributed by atoms with Gasteiger partial charge in [0.1, 0.15) is 0 Å². The second-order valence-corrected chi connectivity index (χ2v) is 50.0. The lowest BCUT2D eigenvalue weighted by Gasteiger charge is -2.37. The fourth-order valence-corrected chi connectivity index (χ4v) is 29.0. The summed E-state index contributed by atoms with van der Waals surface area (Å²) >= 11 is 11.1. The number of aromatic carboxylic acids is 3. The number of ether oxygens (including phenoxy) is 2. The minimum atomic E-state index is -1.40. The van der Waals surface area contributed by atoms with Gasteiger partial charge in [-0.15, -0.1) is 62.0 Å². The van der Waals surface area contributed by atoms with Crippen molar-refractivity contribution < 1.29 is 48.8 Å². The predicted molar refractivity (Wildman–Crippen MR) is 611 cm³/mol. The van der Waals surface area contributed by atoms with Crippen LogP contribution in [0.1, 0.15) is 289 Å². The fourth-order valence-electron chi connectivity index (χ4n) is 25.3. The maximum atomic E-state index is 11.8. The number of carboxylic acid groups (broad SMARTS) is 3. The largest absolute Gasteiger partial charge is 0.478 e. The summed E-state index contributed by atoms with van der Waals surface area (Å²) in [4.78, 5) is 70.2. The number of benzene rings is 10. The van der Waals surface area contributed by atoms with Gasteiger partial charge in [-0.3, -0.25) is 0 Å². The molecule has 15 atom stereocenters. The highest BCUT2D eigenvalue weighted by Crippen LogP contribution is 2.60. The molecule has 3 N–H and O–H groups in total. The van der Waals surface area contributed by atoms with E-state index in [0.29, 0.717) is 117 Å². The van der Waals surface area contributed by atoms with E-state index in [2.05, 4.69) is 282 Å². The molecule has 750 valence electrons. The number of carboxylic acids is 3. The van der Waals surface area contributed by atoms with Crippen molar-refractivity contribution in [3.05, 3.63) is 336 Å². The normalized spacial score (nSPS) is 23.7. The van der Waals surface area contributed by atoms with E-state index in [4.69, 9.17) is 9.47 Å². The van der Waals surface area contributed by atoms with Gasteiger partial charge in [0.05, 0.1) is 50.1 Å². The van der Waals surface area contributed by atoms with E-state index < -0.39 is 26.0 Å². The molecule has 0 saturated carbocycles. The average Bonchev–Trinajstić information content (AvgIpc) is 1.54. The molecule has 0 spiro atoms. The second-order valence-electron chi connectivity index (χ2n) is 40.6. The Morgan fingerprint density at radius 2 is 0.521 bits per heavy atom. The van der Waals surface area contributed by atoms with Crippen molar-refractivity contribution in [3.8, 4) is 0 Å². The molecule has 0 aromatic heterocycles. The van der Waals surface area contributed by atoms with Crippen molar-refractivity contribution in [2.75, 3.05) is 112 Å². The van der Waals surface area contributed by atoms with Crippen LogP contribution in [0.15, 0.2) is 186 Å². The van der Waals surface area contributed by atoms with Crippen LogP contribution in [0.2, 0.25) is 19.6 Å². The van der Waals surface area contributed by atoms with Crippen LogP contribution in [0, 0.1) is 74.9 Å². The number of halogens is 9. The second kappa shape index (κ2) is 49.0. The third-order valence-corrected chi connectivity index (χ3v) is 38.9. The molecule has 10 aromatic carbocycles. The first-order valence-electron chi connectivity index (χ1n) is 49.1. The Kier molecular flexibility index (Phi) is 39.9. The lowest BCUT2D eigenvalue weighted by molar-refractivity contribution is 0.0592. The summed E-state index contributed by atoms with van der Waals surface area (Å²) in [5.74, 6) is 4.89. The molecule has 5 saturated heterocycles. The summed E-state index contributed by atoms with van der Waals surface area (Å²) in [5.41, 5.74) is 30.5. The number of nitrogens with zero attached hydrogens (tertiary/aromatic N) is 5. The summed E-state index contributed by atoms with van der Waals surface area (Å²) in [5, 5.41) is 29.3. The Balaban J connectivity index is 0.000000166. The Morgan fingerprint density at radius 3 is 0.736 bits per heavy atom. The molecule has 0 radical (unpaired) electrons. The van der Waals surface area contributed by atoms with E-state index in [1.165, 1.54) is 180 Å². The number of hydrogen-bond acceptors (Lipinski definition) is 12. The highest BCUT2D eigenvalue weighted by molar-refractivity contribution is 14.1. The Bertz CT molecular complexity index is 5790. The topological polar surface area (TPSA) is 181 Å². The zero-order valence-electron chi connectivity index (χ0n) is 83.1. The summed E-state index contributed by atoms with van der Waals surface area (Å²) in [6, 6.07) is 63.0. The van der Waals surface area contributed by atoms with Gasteiger partial charge in [-0.05, 0) is 420 Å². The van der Waals surface area contributed by atoms with Gasteiger partial charge in [-0.2, -0.15) is 0 Å². The van der Waals surface area contributed by atoms with Crippen molar-refractivity contribution >= 4 is 189 Å². The molecule has 25 heteroatoms. The van der Waals surface area contributed by atoms with Crippen molar-refractivity contribution in [3.63, 3.8) is 0 Å². The summed E-state index contributed by atoms with van der Waals surface area (Å²) in [6.45, 7) is 46.7. The summed E-state index contributed by atoms with van der Waals surface area (Å²) < 4.78 is 15.0. The van der Waals surface area contributed by atoms with Crippen LogP contribution in [0.4, 0.5) is 0 Å². The minimum Gasteiger partial charge on any atom is -0.478 e. The molecule has 10 aromatic rings. The van der Waals surface area contributed by atoms with Gasteiger partial charge >= 0.3 is 29.8 Å². The first-order valence-corrected chi connectivity index (χ1v) is 56.6. The number of carbonyl (C=O) groups is 5. The first-order chi connectivity index (χ1) is 64.7. The monoisotopic (exact) mass is 2410 g/mol. The van der Waals surface area contributed by atoms with Crippen molar-refractivity contribution in [1.29, 1.82) is 0 Å². The van der Waals surface area contributed by atoms with Crippen molar-refractivity contribution in [2.24, 2.45) is 29.6 Å². The number of rotatable bonds is 16. The molecule has 5 aliphatic carbocycles. The number of likely N-dealkylation sites (tertiary alicyclic amines) is 5. The summed E-state index contributed by atoms with van der Waals surface area (Å²) in [7, 11) is 1.46. The van der Waals surface area contributed by atoms with Crippen LogP contribution in [-0.2, 0) is 9.47 Å². The van der Waals surface area contributed by atoms with E-state index in [1.807, 2.05) is 60.7 Å². The lowest BCUT2D eigenvalue weighted by atomic mass is 9.78. The van der Waals surface area contributed by atoms with Crippen molar-refractivity contribution in [1.82, 2.24) is 24.5 Å². The van der Waals surface area contributed by atoms with Gasteiger partial charge in [0.2, 0.25) is 0 Å². The van der Waals surface area contributed by atoms with Gasteiger partial charge in [-0.1, -0.05) is 178 Å². The molecule has 5 heterocycles. The Labute approximate surface area is 911 Å². The molecule has 5 aliphatic heterocycles. The van der Waals surface area contributed by atoms with E-state index in [0.717, 1.165) is 85.1 Å². The number of likely N-dealkylation sites (N-methyl/N-ethyl adjacent to an activating group) is 5. The molecule has 5 fully saturated rings. The quantitative estimate of drug-likeness (QED) is 0.0472. The third kappa shape index (κ3) is 23.6. The smallest absolute Gasteiger partial charge is 0.337 e. The van der Waals surface area contributed by atoms with Gasteiger partial charge in [0.15, 0.2) is 0 Å². The molecular weight excluding hydrogens is 2280 g/mol. The minimum absolute atomic E-state index is 0. The van der Waals surface area contributed by atoms with Crippen LogP contribution in [0.5, 0.6) is 0 Å². The average molecular weight is 2420 g/mol. The van der Waals surface area contributed by atoms with Gasteiger partial charge in [0, 0.05) is 107 Å². The number of piperidine rings is 5. The Morgan fingerprint density at radius 1 is 0.314 bits per heavy atom. The standard InChI is InChI=1S/C25H33NO2Si.2C23H26INO2.C22H24BrNO2.C22H24INO2.5ClH/c1-6-26-12-11-19-22(15-26)20-14-23(29(3,4)5)16(2)13-21(20)24(19)17-7-9-18(10-8-17)25(27)28;2*1-4-25-10-9-17-20(13-25)18-12-21(24)14(2)11-19(18)22(17)15-5-7-16(8-6-15)23(26)27-3;2*1-3-24-9-8-16-19(12-24)17-11-20(23)13(2)10-18(17)21(16)14-4-6-15(7-5-14)22(25)26;;;;;/h7-10,13-14,19,22,24H,6,11-12,15H2,1-5H3,(H,27,28);2*5-8,11-12,17,20,22H,4,9-10,13H2,1-3H3;2*4-7,10-11,16,19,21H,3,8-9,12H2,1-2H3,(H,25,26);5*1H/t19-,22+,24+;2*17-,20+,22+;2*16-,19+,21+;;;;;/m11011...../s1. The summed E-state index contributed by atoms with van der Waals surface area (Å²) in [6.07, 6.45) is 6.06. The Hall–Kier alpha value is -6.31.